The summed E-state index contributed by atoms with van der Waals surface area (Å²) in [7, 11) is 0. The van der Waals surface area contributed by atoms with Gasteiger partial charge in [0.15, 0.2) is 5.12 Å². The van der Waals surface area contributed by atoms with Crippen molar-refractivity contribution in [1.29, 1.82) is 0 Å². The SMILES string of the molecule is CCSC(=O)[C@H](CC(C)=O)C(F)(F)C(F)(F)C(F)(F)F. The molecule has 0 saturated heterocycles. The number of hydrogen-bond acceptors (Lipinski definition) is 3. The quantitative estimate of drug-likeness (QED) is 0.697. The summed E-state index contributed by atoms with van der Waals surface area (Å²) < 4.78 is 88.7. The van der Waals surface area contributed by atoms with Crippen molar-refractivity contribution in [3.63, 3.8) is 0 Å². The smallest absolute Gasteiger partial charge is 0.300 e. The topological polar surface area (TPSA) is 34.1 Å². The van der Waals surface area contributed by atoms with E-state index in [1.54, 1.807) is 0 Å². The van der Waals surface area contributed by atoms with Gasteiger partial charge in [0.25, 0.3) is 0 Å². The van der Waals surface area contributed by atoms with Crippen LogP contribution in [0.3, 0.4) is 0 Å². The molecule has 0 aliphatic heterocycles. The van der Waals surface area contributed by atoms with Crippen LogP contribution >= 0.6 is 11.8 Å². The van der Waals surface area contributed by atoms with Crippen LogP contribution in [0.25, 0.3) is 0 Å². The van der Waals surface area contributed by atoms with E-state index in [4.69, 9.17) is 0 Å². The summed E-state index contributed by atoms with van der Waals surface area (Å²) in [5.74, 6) is -16.3. The van der Waals surface area contributed by atoms with Crippen molar-refractivity contribution in [3.8, 4) is 0 Å². The molecule has 0 aliphatic carbocycles. The van der Waals surface area contributed by atoms with Crippen LogP contribution in [0.2, 0.25) is 0 Å². The summed E-state index contributed by atoms with van der Waals surface area (Å²) in [6.07, 6.45) is -7.91. The summed E-state index contributed by atoms with van der Waals surface area (Å²) in [6.45, 7) is 2.05. The molecule has 0 amide bonds. The molecule has 0 heterocycles. The Morgan fingerprint density at radius 1 is 1.05 bits per heavy atom. The van der Waals surface area contributed by atoms with Gasteiger partial charge in [-0.3, -0.25) is 9.59 Å². The van der Waals surface area contributed by atoms with E-state index in [0.29, 0.717) is 0 Å². The molecule has 1 atom stereocenters. The number of ketones is 1. The van der Waals surface area contributed by atoms with Gasteiger partial charge in [-0.05, 0) is 12.7 Å². The lowest BCUT2D eigenvalue weighted by atomic mass is 9.92. The van der Waals surface area contributed by atoms with Crippen molar-refractivity contribution in [3.05, 3.63) is 0 Å². The average Bonchev–Trinajstić information content (AvgIpc) is 2.23. The monoisotopic (exact) mass is 328 g/mol. The highest BCUT2D eigenvalue weighted by Crippen LogP contribution is 2.51. The zero-order valence-electron chi connectivity index (χ0n) is 10.4. The highest BCUT2D eigenvalue weighted by molar-refractivity contribution is 8.13. The third-order valence-corrected chi connectivity index (χ3v) is 3.13. The predicted octanol–water partition coefficient (Wildman–Crippen LogP) is 3.69. The first kappa shape index (κ1) is 19.2. The number of alkyl halides is 7. The molecule has 0 aliphatic rings. The second-order valence-corrected chi connectivity index (χ2v) is 5.17. The number of Topliss-reactive ketones (excluding diaryl/α,β-unsaturated/α-hetero) is 1. The molecule has 2 nitrogen and oxygen atoms in total. The van der Waals surface area contributed by atoms with Crippen LogP contribution in [0.5, 0.6) is 0 Å². The molecule has 0 saturated carbocycles. The van der Waals surface area contributed by atoms with Crippen molar-refractivity contribution in [2.24, 2.45) is 5.92 Å². The number of hydrogen-bond donors (Lipinski definition) is 0. The van der Waals surface area contributed by atoms with Crippen molar-refractivity contribution in [2.75, 3.05) is 5.75 Å². The van der Waals surface area contributed by atoms with E-state index in [9.17, 15) is 40.3 Å². The third-order valence-electron chi connectivity index (χ3n) is 2.27. The summed E-state index contributed by atoms with van der Waals surface area (Å²) >= 11 is 0.163. The van der Waals surface area contributed by atoms with E-state index in [0.717, 1.165) is 6.92 Å². The van der Waals surface area contributed by atoms with Crippen LogP contribution in [0.4, 0.5) is 30.7 Å². The highest BCUT2D eigenvalue weighted by Gasteiger charge is 2.76. The maximum atomic E-state index is 13.4. The normalized spacial score (nSPS) is 15.1. The summed E-state index contributed by atoms with van der Waals surface area (Å²) in [5.41, 5.74) is 0. The maximum absolute atomic E-state index is 13.4. The number of thioether (sulfide) groups is 1. The van der Waals surface area contributed by atoms with E-state index in [1.807, 2.05) is 0 Å². The van der Waals surface area contributed by atoms with Crippen LogP contribution in [-0.2, 0) is 9.59 Å². The van der Waals surface area contributed by atoms with E-state index in [2.05, 4.69) is 0 Å². The van der Waals surface area contributed by atoms with Crippen LogP contribution in [0.1, 0.15) is 20.3 Å². The number of carbonyl (C=O) groups excluding carboxylic acids is 2. The molecule has 0 bridgehead atoms. The highest BCUT2D eigenvalue weighted by atomic mass is 32.2. The standard InChI is InChI=1S/C10H11F7O2S/c1-3-20-7(19)6(4-5(2)18)8(11,12)9(13,14)10(15,16)17/h6H,3-4H2,1-2H3/t6-/m0/s1. The Kier molecular flexibility index (Phi) is 6.06. The fourth-order valence-electron chi connectivity index (χ4n) is 1.30. The molecular weight excluding hydrogens is 317 g/mol. The molecule has 0 aromatic carbocycles. The van der Waals surface area contributed by atoms with Gasteiger partial charge in [-0.25, -0.2) is 0 Å². The molecular formula is C10H11F7O2S. The van der Waals surface area contributed by atoms with E-state index in [-0.39, 0.29) is 17.5 Å². The molecule has 0 aromatic heterocycles. The number of carbonyl (C=O) groups is 2. The van der Waals surface area contributed by atoms with Crippen molar-refractivity contribution in [1.82, 2.24) is 0 Å². The van der Waals surface area contributed by atoms with Gasteiger partial charge in [-0.2, -0.15) is 30.7 Å². The van der Waals surface area contributed by atoms with Gasteiger partial charge in [-0.1, -0.05) is 18.7 Å². The molecule has 0 radical (unpaired) electrons. The van der Waals surface area contributed by atoms with E-state index < -0.39 is 41.3 Å². The summed E-state index contributed by atoms with van der Waals surface area (Å²) in [4.78, 5) is 22.1. The Balaban J connectivity index is 5.64. The molecule has 0 aromatic rings. The average molecular weight is 328 g/mol. The minimum absolute atomic E-state index is 0.0963. The predicted molar refractivity (Wildman–Crippen MR) is 57.9 cm³/mol. The van der Waals surface area contributed by atoms with Gasteiger partial charge in [0.1, 0.15) is 11.7 Å². The second kappa shape index (κ2) is 6.31. The van der Waals surface area contributed by atoms with Gasteiger partial charge in [0.05, 0.1) is 0 Å². The van der Waals surface area contributed by atoms with Crippen molar-refractivity contribution < 1.29 is 40.3 Å². The van der Waals surface area contributed by atoms with Crippen molar-refractivity contribution in [2.45, 2.75) is 38.3 Å². The summed E-state index contributed by atoms with van der Waals surface area (Å²) in [6, 6.07) is 0. The third kappa shape index (κ3) is 3.86. The van der Waals surface area contributed by atoms with Crippen LogP contribution in [0.15, 0.2) is 0 Å². The lowest BCUT2D eigenvalue weighted by molar-refractivity contribution is -0.362. The van der Waals surface area contributed by atoms with Crippen molar-refractivity contribution >= 4 is 22.7 Å². The van der Waals surface area contributed by atoms with Gasteiger partial charge in [0, 0.05) is 6.42 Å². The molecule has 0 unspecified atom stereocenters. The fourth-order valence-corrected chi connectivity index (χ4v) is 2.01. The van der Waals surface area contributed by atoms with Crippen LogP contribution < -0.4 is 0 Å². The van der Waals surface area contributed by atoms with Gasteiger partial charge in [0.2, 0.25) is 0 Å². The Morgan fingerprint density at radius 2 is 1.50 bits per heavy atom. The minimum atomic E-state index is -6.53. The van der Waals surface area contributed by atoms with Crippen LogP contribution in [0, 0.1) is 5.92 Å². The van der Waals surface area contributed by atoms with Gasteiger partial charge < -0.3 is 0 Å². The Morgan fingerprint density at radius 3 is 1.80 bits per heavy atom. The second-order valence-electron chi connectivity index (χ2n) is 3.91. The lowest BCUT2D eigenvalue weighted by Gasteiger charge is -2.32. The molecule has 20 heavy (non-hydrogen) atoms. The Hall–Kier alpha value is -0.800. The molecule has 0 fully saturated rings. The molecule has 0 rings (SSSR count). The fraction of sp³-hybridized carbons (Fsp3) is 0.800. The zero-order chi connectivity index (χ0) is 16.4. The Bertz CT molecular complexity index is 378. The maximum Gasteiger partial charge on any atom is 0.459 e. The number of halogens is 7. The largest absolute Gasteiger partial charge is 0.459 e. The van der Waals surface area contributed by atoms with Gasteiger partial charge in [-0.15, -0.1) is 0 Å². The van der Waals surface area contributed by atoms with Crippen LogP contribution in [-0.4, -0.2) is 34.7 Å². The first-order valence-electron chi connectivity index (χ1n) is 5.27. The molecule has 0 spiro atoms. The first-order chi connectivity index (χ1) is 8.79. The molecule has 10 heteroatoms. The van der Waals surface area contributed by atoms with Gasteiger partial charge >= 0.3 is 18.0 Å². The van der Waals surface area contributed by atoms with E-state index in [1.165, 1.54) is 6.92 Å². The minimum Gasteiger partial charge on any atom is -0.300 e. The number of rotatable bonds is 6. The molecule has 0 N–H and O–H groups in total. The molecule has 118 valence electrons. The zero-order valence-corrected chi connectivity index (χ0v) is 11.2. The lowest BCUT2D eigenvalue weighted by Crippen LogP contribution is -2.57. The summed E-state index contributed by atoms with van der Waals surface area (Å²) in [5, 5.41) is -1.57. The first-order valence-corrected chi connectivity index (χ1v) is 6.26. The Labute approximate surface area is 114 Å². The van der Waals surface area contributed by atoms with E-state index >= 15 is 0 Å².